The highest BCUT2D eigenvalue weighted by Crippen LogP contribution is 2.24. The number of nitro groups is 1. The van der Waals surface area contributed by atoms with Gasteiger partial charge in [-0.25, -0.2) is 0 Å². The van der Waals surface area contributed by atoms with Gasteiger partial charge in [-0.2, -0.15) is 0 Å². The first-order chi connectivity index (χ1) is 8.32. The summed E-state index contributed by atoms with van der Waals surface area (Å²) in [6.45, 7) is -0.127. The van der Waals surface area contributed by atoms with Crippen LogP contribution in [0.4, 0.5) is 11.4 Å². The van der Waals surface area contributed by atoms with E-state index in [4.69, 9.17) is 11.5 Å². The summed E-state index contributed by atoms with van der Waals surface area (Å²) in [7, 11) is 1.53. The fourth-order valence-corrected chi connectivity index (χ4v) is 1.49. The van der Waals surface area contributed by atoms with Gasteiger partial charge in [-0.05, 0) is 6.07 Å². The van der Waals surface area contributed by atoms with Crippen LogP contribution in [0.1, 0.15) is 10.4 Å². The standard InChI is InChI=1S/C10H12N4O4/c1-13(5-9(11)15)8-3-2-6(14(17)18)4-7(8)10(12)16/h2-4H,5H2,1H3,(H2,11,15)(H2,12,16). The third kappa shape index (κ3) is 2.94. The molecule has 8 nitrogen and oxygen atoms in total. The predicted molar refractivity (Wildman–Crippen MR) is 64.1 cm³/mol. The SMILES string of the molecule is CN(CC(N)=O)c1ccc([N+](=O)[O-])cc1C(N)=O. The molecule has 4 N–H and O–H groups in total. The van der Waals surface area contributed by atoms with E-state index in [0.29, 0.717) is 5.69 Å². The van der Waals surface area contributed by atoms with Gasteiger partial charge in [-0.15, -0.1) is 0 Å². The van der Waals surface area contributed by atoms with Crippen LogP contribution in [0, 0.1) is 10.1 Å². The number of carbonyl (C=O) groups excluding carboxylic acids is 2. The average molecular weight is 252 g/mol. The van der Waals surface area contributed by atoms with Crippen molar-refractivity contribution in [3.63, 3.8) is 0 Å². The highest BCUT2D eigenvalue weighted by atomic mass is 16.6. The largest absolute Gasteiger partial charge is 0.368 e. The van der Waals surface area contributed by atoms with E-state index >= 15 is 0 Å². The number of non-ortho nitro benzene ring substituents is 1. The molecule has 0 aliphatic heterocycles. The molecule has 0 fully saturated rings. The maximum Gasteiger partial charge on any atom is 0.270 e. The zero-order chi connectivity index (χ0) is 13.9. The summed E-state index contributed by atoms with van der Waals surface area (Å²) in [6.07, 6.45) is 0. The Bertz CT molecular complexity index is 515. The minimum atomic E-state index is -0.815. The third-order valence-electron chi connectivity index (χ3n) is 2.26. The van der Waals surface area contributed by atoms with Crippen molar-refractivity contribution in [2.75, 3.05) is 18.5 Å². The van der Waals surface area contributed by atoms with E-state index in [1.807, 2.05) is 0 Å². The molecule has 0 aliphatic carbocycles. The third-order valence-corrected chi connectivity index (χ3v) is 2.26. The molecule has 0 aromatic heterocycles. The van der Waals surface area contributed by atoms with Gasteiger partial charge in [0, 0.05) is 19.2 Å². The minimum absolute atomic E-state index is 0.0343. The van der Waals surface area contributed by atoms with Gasteiger partial charge in [-0.3, -0.25) is 19.7 Å². The summed E-state index contributed by atoms with van der Waals surface area (Å²) in [6, 6.07) is 3.63. The van der Waals surface area contributed by atoms with E-state index in [-0.39, 0.29) is 17.8 Å². The number of nitrogens with two attached hydrogens (primary N) is 2. The molecule has 0 atom stereocenters. The second kappa shape index (κ2) is 5.13. The van der Waals surface area contributed by atoms with Crippen molar-refractivity contribution in [3.8, 4) is 0 Å². The van der Waals surface area contributed by atoms with Crippen LogP contribution >= 0.6 is 0 Å². The zero-order valence-electron chi connectivity index (χ0n) is 9.62. The van der Waals surface area contributed by atoms with E-state index in [9.17, 15) is 19.7 Å². The molecule has 0 spiro atoms. The fourth-order valence-electron chi connectivity index (χ4n) is 1.49. The Morgan fingerprint density at radius 3 is 2.44 bits per heavy atom. The van der Waals surface area contributed by atoms with Gasteiger partial charge in [0.1, 0.15) is 0 Å². The number of likely N-dealkylation sites (N-methyl/N-ethyl adjacent to an activating group) is 1. The molecule has 1 aromatic rings. The van der Waals surface area contributed by atoms with Crippen LogP contribution in [0.2, 0.25) is 0 Å². The molecular formula is C10H12N4O4. The molecule has 0 aliphatic rings. The Labute approximate surface area is 102 Å². The molecule has 0 saturated carbocycles. The Morgan fingerprint density at radius 1 is 1.39 bits per heavy atom. The summed E-state index contributed by atoms with van der Waals surface area (Å²) in [5.74, 6) is -1.41. The van der Waals surface area contributed by atoms with Gasteiger partial charge < -0.3 is 16.4 Å². The lowest BCUT2D eigenvalue weighted by Crippen LogP contribution is -2.32. The van der Waals surface area contributed by atoms with Crippen molar-refractivity contribution in [2.24, 2.45) is 11.5 Å². The van der Waals surface area contributed by atoms with Crippen LogP contribution in [0.15, 0.2) is 18.2 Å². The van der Waals surface area contributed by atoms with E-state index < -0.39 is 16.7 Å². The smallest absolute Gasteiger partial charge is 0.270 e. The molecule has 18 heavy (non-hydrogen) atoms. The molecule has 8 heteroatoms. The summed E-state index contributed by atoms with van der Waals surface area (Å²) in [4.78, 5) is 33.4. The number of anilines is 1. The van der Waals surface area contributed by atoms with Crippen LogP contribution in [-0.2, 0) is 4.79 Å². The van der Waals surface area contributed by atoms with Crippen molar-refractivity contribution in [1.29, 1.82) is 0 Å². The summed E-state index contributed by atoms with van der Waals surface area (Å²) in [5.41, 5.74) is 10.2. The normalized spacial score (nSPS) is 9.83. The number of benzene rings is 1. The molecule has 1 aromatic carbocycles. The van der Waals surface area contributed by atoms with Gasteiger partial charge >= 0.3 is 0 Å². The molecule has 1 rings (SSSR count). The predicted octanol–water partition coefficient (Wildman–Crippen LogP) is -0.385. The van der Waals surface area contributed by atoms with E-state index in [0.717, 1.165) is 6.07 Å². The van der Waals surface area contributed by atoms with Gasteiger partial charge in [0.15, 0.2) is 0 Å². The van der Waals surface area contributed by atoms with Crippen LogP contribution in [0.25, 0.3) is 0 Å². The number of primary amides is 2. The molecule has 0 unspecified atom stereocenters. The highest BCUT2D eigenvalue weighted by Gasteiger charge is 2.17. The highest BCUT2D eigenvalue weighted by molar-refractivity contribution is 5.99. The number of amides is 2. The number of carbonyl (C=O) groups is 2. The molecule has 0 saturated heterocycles. The number of rotatable bonds is 5. The molecule has 0 bridgehead atoms. The average Bonchev–Trinajstić information content (AvgIpc) is 2.26. The van der Waals surface area contributed by atoms with Gasteiger partial charge in [0.2, 0.25) is 5.91 Å². The lowest BCUT2D eigenvalue weighted by Gasteiger charge is -2.19. The van der Waals surface area contributed by atoms with E-state index in [1.165, 1.54) is 24.1 Å². The first-order valence-corrected chi connectivity index (χ1v) is 4.90. The van der Waals surface area contributed by atoms with Crippen LogP contribution < -0.4 is 16.4 Å². The van der Waals surface area contributed by atoms with E-state index in [1.54, 1.807) is 0 Å². The first kappa shape index (κ1) is 13.4. The fraction of sp³-hybridized carbons (Fsp3) is 0.200. The Kier molecular flexibility index (Phi) is 3.82. The maximum absolute atomic E-state index is 11.2. The van der Waals surface area contributed by atoms with E-state index in [2.05, 4.69) is 0 Å². The molecule has 2 amide bonds. The Balaban J connectivity index is 3.23. The van der Waals surface area contributed by atoms with Crippen LogP contribution in [-0.4, -0.2) is 30.3 Å². The van der Waals surface area contributed by atoms with Crippen molar-refractivity contribution in [1.82, 2.24) is 0 Å². The summed E-state index contributed by atoms with van der Waals surface area (Å²) < 4.78 is 0. The first-order valence-electron chi connectivity index (χ1n) is 4.90. The molecular weight excluding hydrogens is 240 g/mol. The summed E-state index contributed by atoms with van der Waals surface area (Å²) in [5, 5.41) is 10.6. The zero-order valence-corrected chi connectivity index (χ0v) is 9.62. The van der Waals surface area contributed by atoms with Crippen molar-refractivity contribution < 1.29 is 14.5 Å². The topological polar surface area (TPSA) is 133 Å². The number of hydrogen-bond donors (Lipinski definition) is 2. The number of nitrogens with zero attached hydrogens (tertiary/aromatic N) is 2. The van der Waals surface area contributed by atoms with Crippen molar-refractivity contribution in [3.05, 3.63) is 33.9 Å². The molecule has 0 radical (unpaired) electrons. The monoisotopic (exact) mass is 252 g/mol. The second-order valence-corrected chi connectivity index (χ2v) is 3.65. The quantitative estimate of drug-likeness (QED) is 0.544. The number of nitro benzene ring substituents is 1. The number of hydrogen-bond acceptors (Lipinski definition) is 5. The van der Waals surface area contributed by atoms with Gasteiger partial charge in [-0.1, -0.05) is 0 Å². The Hall–Kier alpha value is -2.64. The Morgan fingerprint density at radius 2 is 2.00 bits per heavy atom. The van der Waals surface area contributed by atoms with Crippen molar-refractivity contribution >= 4 is 23.2 Å². The minimum Gasteiger partial charge on any atom is -0.368 e. The van der Waals surface area contributed by atoms with Gasteiger partial charge in [0.05, 0.1) is 22.7 Å². The molecule has 96 valence electrons. The van der Waals surface area contributed by atoms with Crippen LogP contribution in [0.3, 0.4) is 0 Å². The summed E-state index contributed by atoms with van der Waals surface area (Å²) >= 11 is 0. The lowest BCUT2D eigenvalue weighted by atomic mass is 10.1. The van der Waals surface area contributed by atoms with Gasteiger partial charge in [0.25, 0.3) is 11.6 Å². The lowest BCUT2D eigenvalue weighted by molar-refractivity contribution is -0.384. The molecule has 0 heterocycles. The maximum atomic E-state index is 11.2. The second-order valence-electron chi connectivity index (χ2n) is 3.65. The van der Waals surface area contributed by atoms with Crippen molar-refractivity contribution in [2.45, 2.75) is 0 Å². The van der Waals surface area contributed by atoms with Crippen LogP contribution in [0.5, 0.6) is 0 Å².